The Labute approximate surface area is 252 Å². The highest BCUT2D eigenvalue weighted by Crippen LogP contribution is 2.40. The van der Waals surface area contributed by atoms with Gasteiger partial charge in [0.05, 0.1) is 22.3 Å². The van der Waals surface area contributed by atoms with E-state index in [9.17, 15) is 0 Å². The van der Waals surface area contributed by atoms with E-state index in [1.807, 2.05) is 72.8 Å². The standard InChI is InChI=1S/C39H24N4O/c1-3-13-25(14-4-1)37-40-38(26-15-5-2-6-16-26)42-39(41-37)31-21-11-19-29-30-20-12-24-34(36(30)44-35(29)31)43-32-22-9-7-17-27(32)28-18-8-10-23-33(28)43/h1-24H. The first kappa shape index (κ1) is 24.5. The molecule has 0 unspecified atom stereocenters. The van der Waals surface area contributed by atoms with E-state index in [1.165, 1.54) is 10.8 Å². The lowest BCUT2D eigenvalue weighted by Crippen LogP contribution is -2.00. The molecule has 5 heteroatoms. The van der Waals surface area contributed by atoms with Gasteiger partial charge in [-0.05, 0) is 24.3 Å². The summed E-state index contributed by atoms with van der Waals surface area (Å²) in [5, 5.41) is 4.48. The van der Waals surface area contributed by atoms with Crippen molar-refractivity contribution in [2.45, 2.75) is 0 Å². The fraction of sp³-hybridized carbons (Fsp3) is 0. The molecular weight excluding hydrogens is 540 g/mol. The molecule has 0 amide bonds. The normalized spacial score (nSPS) is 11.6. The maximum absolute atomic E-state index is 6.86. The molecule has 0 atom stereocenters. The zero-order valence-electron chi connectivity index (χ0n) is 23.6. The van der Waals surface area contributed by atoms with Crippen molar-refractivity contribution in [1.29, 1.82) is 0 Å². The van der Waals surface area contributed by atoms with E-state index < -0.39 is 0 Å². The van der Waals surface area contributed by atoms with Gasteiger partial charge in [0.2, 0.25) is 0 Å². The second kappa shape index (κ2) is 9.75. The third-order valence-electron chi connectivity index (χ3n) is 8.26. The third kappa shape index (κ3) is 3.76. The Balaban J connectivity index is 1.32. The molecule has 0 fully saturated rings. The largest absolute Gasteiger partial charge is 0.453 e. The zero-order chi connectivity index (χ0) is 29.0. The molecule has 0 radical (unpaired) electrons. The predicted octanol–water partition coefficient (Wildman–Crippen LogP) is 9.87. The zero-order valence-corrected chi connectivity index (χ0v) is 23.6. The Morgan fingerprint density at radius 2 is 0.864 bits per heavy atom. The van der Waals surface area contributed by atoms with Crippen molar-refractivity contribution in [3.63, 3.8) is 0 Å². The Hall–Kier alpha value is -6.07. The van der Waals surface area contributed by atoms with Crippen LogP contribution in [0.1, 0.15) is 0 Å². The van der Waals surface area contributed by atoms with E-state index in [1.54, 1.807) is 0 Å². The topological polar surface area (TPSA) is 56.7 Å². The Morgan fingerprint density at radius 1 is 0.386 bits per heavy atom. The fourth-order valence-electron chi connectivity index (χ4n) is 6.27. The first-order valence-electron chi connectivity index (χ1n) is 14.6. The number of benzene rings is 6. The SMILES string of the molecule is c1ccc(-c2nc(-c3ccccc3)nc(-c3cccc4c3oc3c(-n5c6ccccc6c6ccccc65)cccc34)n2)cc1. The third-order valence-corrected chi connectivity index (χ3v) is 8.26. The molecular formula is C39H24N4O. The van der Waals surface area contributed by atoms with Crippen molar-refractivity contribution in [2.24, 2.45) is 0 Å². The summed E-state index contributed by atoms with van der Waals surface area (Å²) in [6.45, 7) is 0. The van der Waals surface area contributed by atoms with Gasteiger partial charge >= 0.3 is 0 Å². The number of hydrogen-bond donors (Lipinski definition) is 0. The molecule has 0 aliphatic heterocycles. The van der Waals surface area contributed by atoms with E-state index in [2.05, 4.69) is 77.4 Å². The molecule has 3 heterocycles. The molecule has 9 rings (SSSR count). The van der Waals surface area contributed by atoms with E-state index in [0.29, 0.717) is 17.5 Å². The second-order valence-electron chi connectivity index (χ2n) is 10.8. The van der Waals surface area contributed by atoms with Crippen molar-refractivity contribution < 1.29 is 4.42 Å². The molecule has 0 bridgehead atoms. The molecule has 3 aromatic heterocycles. The lowest BCUT2D eigenvalue weighted by Gasteiger charge is -2.09. The van der Waals surface area contributed by atoms with Gasteiger partial charge in [0.25, 0.3) is 0 Å². The summed E-state index contributed by atoms with van der Waals surface area (Å²) in [6, 6.07) is 49.7. The quantitative estimate of drug-likeness (QED) is 0.213. The Bertz CT molecular complexity index is 2380. The average molecular weight is 565 g/mol. The van der Waals surface area contributed by atoms with Crippen molar-refractivity contribution in [3.8, 4) is 39.9 Å². The van der Waals surface area contributed by atoms with Crippen molar-refractivity contribution >= 4 is 43.7 Å². The molecule has 0 aliphatic rings. The molecule has 0 saturated heterocycles. The number of nitrogens with zero attached hydrogens (tertiary/aromatic N) is 4. The van der Waals surface area contributed by atoms with E-state index in [-0.39, 0.29) is 0 Å². The first-order valence-corrected chi connectivity index (χ1v) is 14.6. The molecule has 44 heavy (non-hydrogen) atoms. The van der Waals surface area contributed by atoms with E-state index in [4.69, 9.17) is 19.4 Å². The van der Waals surface area contributed by atoms with Crippen LogP contribution >= 0.6 is 0 Å². The summed E-state index contributed by atoms with van der Waals surface area (Å²) < 4.78 is 9.17. The van der Waals surface area contributed by atoms with Gasteiger partial charge in [0.15, 0.2) is 23.1 Å². The van der Waals surface area contributed by atoms with Crippen molar-refractivity contribution in [3.05, 3.63) is 146 Å². The van der Waals surface area contributed by atoms with E-state index >= 15 is 0 Å². The van der Waals surface area contributed by atoms with Crippen LogP contribution in [0.15, 0.2) is 150 Å². The highest BCUT2D eigenvalue weighted by molar-refractivity contribution is 6.14. The average Bonchev–Trinajstić information content (AvgIpc) is 3.65. The van der Waals surface area contributed by atoms with Gasteiger partial charge in [-0.25, -0.2) is 15.0 Å². The van der Waals surface area contributed by atoms with Gasteiger partial charge in [-0.3, -0.25) is 0 Å². The van der Waals surface area contributed by atoms with Crippen LogP contribution < -0.4 is 0 Å². The Kier molecular flexibility index (Phi) is 5.43. The minimum atomic E-state index is 0.570. The minimum Gasteiger partial charge on any atom is -0.453 e. The lowest BCUT2D eigenvalue weighted by atomic mass is 10.1. The molecule has 9 aromatic rings. The summed E-state index contributed by atoms with van der Waals surface area (Å²) in [5.41, 5.74) is 7.52. The predicted molar refractivity (Wildman–Crippen MR) is 178 cm³/mol. The molecule has 0 saturated carbocycles. The van der Waals surface area contributed by atoms with Crippen LogP contribution in [0.4, 0.5) is 0 Å². The summed E-state index contributed by atoms with van der Waals surface area (Å²) in [7, 11) is 0. The first-order chi connectivity index (χ1) is 21.8. The van der Waals surface area contributed by atoms with Crippen LogP contribution in [0, 0.1) is 0 Å². The van der Waals surface area contributed by atoms with Gasteiger partial charge in [0.1, 0.15) is 5.58 Å². The van der Waals surface area contributed by atoms with Crippen LogP contribution in [-0.4, -0.2) is 19.5 Å². The van der Waals surface area contributed by atoms with Crippen LogP contribution in [0.25, 0.3) is 83.6 Å². The van der Waals surface area contributed by atoms with E-state index in [0.717, 1.165) is 55.3 Å². The van der Waals surface area contributed by atoms with Crippen LogP contribution in [-0.2, 0) is 0 Å². The van der Waals surface area contributed by atoms with Crippen molar-refractivity contribution in [2.75, 3.05) is 0 Å². The maximum Gasteiger partial charge on any atom is 0.167 e. The number of aromatic nitrogens is 4. The number of furan rings is 1. The monoisotopic (exact) mass is 564 g/mol. The number of fused-ring (bicyclic) bond motifs is 6. The van der Waals surface area contributed by atoms with Gasteiger partial charge in [-0.1, -0.05) is 121 Å². The van der Waals surface area contributed by atoms with Crippen LogP contribution in [0.2, 0.25) is 0 Å². The summed E-state index contributed by atoms with van der Waals surface area (Å²) in [6.07, 6.45) is 0. The number of rotatable bonds is 4. The summed E-state index contributed by atoms with van der Waals surface area (Å²) in [5.74, 6) is 1.81. The molecule has 206 valence electrons. The Morgan fingerprint density at radius 3 is 1.48 bits per heavy atom. The number of para-hydroxylation sites is 4. The number of hydrogen-bond acceptors (Lipinski definition) is 4. The molecule has 0 spiro atoms. The molecule has 5 nitrogen and oxygen atoms in total. The molecule has 0 aliphatic carbocycles. The maximum atomic E-state index is 6.86. The minimum absolute atomic E-state index is 0.570. The molecule has 0 N–H and O–H groups in total. The van der Waals surface area contributed by atoms with Crippen LogP contribution in [0.3, 0.4) is 0 Å². The van der Waals surface area contributed by atoms with Gasteiger partial charge < -0.3 is 8.98 Å². The van der Waals surface area contributed by atoms with Crippen molar-refractivity contribution in [1.82, 2.24) is 19.5 Å². The highest BCUT2D eigenvalue weighted by atomic mass is 16.3. The van der Waals surface area contributed by atoms with Gasteiger partial charge in [0, 0.05) is 32.7 Å². The summed E-state index contributed by atoms with van der Waals surface area (Å²) in [4.78, 5) is 14.8. The van der Waals surface area contributed by atoms with Crippen LogP contribution in [0.5, 0.6) is 0 Å². The molecule has 6 aromatic carbocycles. The summed E-state index contributed by atoms with van der Waals surface area (Å²) >= 11 is 0. The van der Waals surface area contributed by atoms with Gasteiger partial charge in [-0.15, -0.1) is 0 Å². The smallest absolute Gasteiger partial charge is 0.167 e. The fourth-order valence-corrected chi connectivity index (χ4v) is 6.27. The van der Waals surface area contributed by atoms with Gasteiger partial charge in [-0.2, -0.15) is 0 Å². The second-order valence-corrected chi connectivity index (χ2v) is 10.8. The highest BCUT2D eigenvalue weighted by Gasteiger charge is 2.21. The lowest BCUT2D eigenvalue weighted by molar-refractivity contribution is 0.667.